The van der Waals surface area contributed by atoms with Crippen LogP contribution in [0.3, 0.4) is 0 Å². The largest absolute Gasteiger partial charge is 0.452 e. The van der Waals surface area contributed by atoms with Crippen molar-refractivity contribution in [1.29, 1.82) is 0 Å². The van der Waals surface area contributed by atoms with Crippen LogP contribution < -0.4 is 10.2 Å². The number of non-ortho nitro benzene ring substituents is 1. The summed E-state index contributed by atoms with van der Waals surface area (Å²) in [5.41, 5.74) is 2.12. The average Bonchev–Trinajstić information content (AvgIpc) is 2.82. The first-order valence-corrected chi connectivity index (χ1v) is 10.6. The number of carbonyl (C=O) groups excluding carboxylic acids is 2. The Morgan fingerprint density at radius 1 is 1.19 bits per heavy atom. The van der Waals surface area contributed by atoms with Gasteiger partial charge in [0.1, 0.15) is 0 Å². The molecule has 2 aromatic rings. The van der Waals surface area contributed by atoms with Gasteiger partial charge < -0.3 is 19.7 Å². The van der Waals surface area contributed by atoms with E-state index >= 15 is 0 Å². The predicted molar refractivity (Wildman–Crippen MR) is 120 cm³/mol. The second-order valence-corrected chi connectivity index (χ2v) is 7.61. The van der Waals surface area contributed by atoms with Crippen LogP contribution in [-0.4, -0.2) is 49.7 Å². The van der Waals surface area contributed by atoms with Gasteiger partial charge in [0, 0.05) is 30.9 Å². The lowest BCUT2D eigenvalue weighted by atomic mass is 9.99. The Hall–Kier alpha value is -3.46. The fourth-order valence-corrected chi connectivity index (χ4v) is 3.42. The minimum absolute atomic E-state index is 0.0480. The van der Waals surface area contributed by atoms with Crippen LogP contribution in [0.15, 0.2) is 42.5 Å². The topological polar surface area (TPSA) is 111 Å². The van der Waals surface area contributed by atoms with Crippen molar-refractivity contribution in [2.24, 2.45) is 0 Å². The van der Waals surface area contributed by atoms with Gasteiger partial charge >= 0.3 is 5.97 Å². The molecule has 0 saturated carbocycles. The molecule has 170 valence electrons. The van der Waals surface area contributed by atoms with Gasteiger partial charge in [0.25, 0.3) is 11.6 Å². The van der Waals surface area contributed by atoms with E-state index in [1.165, 1.54) is 23.8 Å². The summed E-state index contributed by atoms with van der Waals surface area (Å²) in [6.07, 6.45) is 1.02. The highest BCUT2D eigenvalue weighted by molar-refractivity contribution is 5.99. The number of rotatable bonds is 8. The molecular formula is C23H27N3O6. The summed E-state index contributed by atoms with van der Waals surface area (Å²) in [6, 6.07) is 11.6. The van der Waals surface area contributed by atoms with Gasteiger partial charge in [-0.05, 0) is 36.1 Å². The van der Waals surface area contributed by atoms with E-state index in [1.54, 1.807) is 12.1 Å². The van der Waals surface area contributed by atoms with E-state index in [0.717, 1.165) is 6.42 Å². The van der Waals surface area contributed by atoms with Crippen LogP contribution >= 0.6 is 0 Å². The molecule has 0 aliphatic carbocycles. The van der Waals surface area contributed by atoms with E-state index in [0.29, 0.717) is 43.6 Å². The molecule has 0 bridgehead atoms. The van der Waals surface area contributed by atoms with Gasteiger partial charge in [-0.25, -0.2) is 4.79 Å². The van der Waals surface area contributed by atoms with Crippen molar-refractivity contribution in [2.45, 2.75) is 26.2 Å². The Kier molecular flexibility index (Phi) is 7.77. The number of ether oxygens (including phenoxy) is 2. The quantitative estimate of drug-likeness (QED) is 0.377. The van der Waals surface area contributed by atoms with Gasteiger partial charge in [-0.3, -0.25) is 14.9 Å². The minimum atomic E-state index is -0.794. The van der Waals surface area contributed by atoms with Crippen molar-refractivity contribution in [3.63, 3.8) is 0 Å². The third-order valence-corrected chi connectivity index (χ3v) is 5.47. The summed E-state index contributed by atoms with van der Waals surface area (Å²) in [7, 11) is 0. The van der Waals surface area contributed by atoms with Gasteiger partial charge in [-0.15, -0.1) is 0 Å². The summed E-state index contributed by atoms with van der Waals surface area (Å²) in [4.78, 5) is 37.5. The van der Waals surface area contributed by atoms with Crippen LogP contribution in [-0.2, 0) is 14.3 Å². The molecule has 1 aliphatic heterocycles. The molecule has 32 heavy (non-hydrogen) atoms. The zero-order chi connectivity index (χ0) is 23.1. The molecule has 2 aromatic carbocycles. The Labute approximate surface area is 186 Å². The predicted octanol–water partition coefficient (Wildman–Crippen LogP) is 3.74. The number of nitro groups is 1. The summed E-state index contributed by atoms with van der Waals surface area (Å²) in [5, 5.41) is 13.9. The zero-order valence-corrected chi connectivity index (χ0v) is 18.2. The highest BCUT2D eigenvalue weighted by Gasteiger charge is 2.23. The maximum atomic E-state index is 12.7. The van der Waals surface area contributed by atoms with E-state index < -0.39 is 23.4 Å². The molecule has 9 heteroatoms. The maximum Gasteiger partial charge on any atom is 0.341 e. The average molecular weight is 441 g/mol. The van der Waals surface area contributed by atoms with E-state index in [9.17, 15) is 19.7 Å². The number of morpholine rings is 1. The van der Waals surface area contributed by atoms with Crippen molar-refractivity contribution >= 4 is 28.9 Å². The number of amides is 1. The number of carbonyl (C=O) groups is 2. The van der Waals surface area contributed by atoms with Crippen molar-refractivity contribution < 1.29 is 24.0 Å². The van der Waals surface area contributed by atoms with Gasteiger partial charge in [0.2, 0.25) is 0 Å². The molecule has 1 saturated heterocycles. The lowest BCUT2D eigenvalue weighted by molar-refractivity contribution is -0.384. The first kappa shape index (κ1) is 23.2. The molecule has 1 atom stereocenters. The fraction of sp³-hybridized carbons (Fsp3) is 0.391. The van der Waals surface area contributed by atoms with Crippen LogP contribution in [0, 0.1) is 10.1 Å². The van der Waals surface area contributed by atoms with Gasteiger partial charge in [0.05, 0.1) is 29.4 Å². The van der Waals surface area contributed by atoms with Crippen LogP contribution in [0.25, 0.3) is 0 Å². The van der Waals surface area contributed by atoms with Gasteiger partial charge in [0.15, 0.2) is 6.61 Å². The Bertz CT molecular complexity index is 970. The number of benzene rings is 2. The van der Waals surface area contributed by atoms with E-state index in [-0.39, 0.29) is 11.3 Å². The third-order valence-electron chi connectivity index (χ3n) is 5.47. The molecule has 1 amide bonds. The number of hydrogen-bond donors (Lipinski definition) is 1. The molecule has 1 N–H and O–H groups in total. The number of esters is 1. The zero-order valence-electron chi connectivity index (χ0n) is 18.2. The van der Waals surface area contributed by atoms with Crippen molar-refractivity contribution in [2.75, 3.05) is 43.1 Å². The Morgan fingerprint density at radius 3 is 2.50 bits per heavy atom. The molecule has 1 unspecified atom stereocenters. The summed E-state index contributed by atoms with van der Waals surface area (Å²) < 4.78 is 10.5. The number of anilines is 2. The van der Waals surface area contributed by atoms with E-state index in [4.69, 9.17) is 9.47 Å². The first-order valence-electron chi connectivity index (χ1n) is 10.6. The summed E-state index contributed by atoms with van der Waals surface area (Å²) >= 11 is 0. The second kappa shape index (κ2) is 10.7. The van der Waals surface area contributed by atoms with Gasteiger partial charge in [-0.1, -0.05) is 26.0 Å². The number of nitrogens with one attached hydrogen (secondary N) is 1. The van der Waals surface area contributed by atoms with Crippen LogP contribution in [0.2, 0.25) is 0 Å². The highest BCUT2D eigenvalue weighted by Crippen LogP contribution is 2.27. The monoisotopic (exact) mass is 441 g/mol. The van der Waals surface area contributed by atoms with Crippen LogP contribution in [0.1, 0.15) is 42.1 Å². The SMILES string of the molecule is CCC(C)c1ccc(NC(=O)COC(=O)c2cc([N+](=O)[O-])ccc2N2CCOCC2)cc1. The Morgan fingerprint density at radius 2 is 1.88 bits per heavy atom. The van der Waals surface area contributed by atoms with Crippen molar-refractivity contribution in [3.8, 4) is 0 Å². The Balaban J connectivity index is 1.66. The molecule has 0 aromatic heterocycles. The standard InChI is InChI=1S/C23H27N3O6/c1-3-16(2)17-4-6-18(7-5-17)24-22(27)15-32-23(28)20-14-19(26(29)30)8-9-21(20)25-10-12-31-13-11-25/h4-9,14,16H,3,10-13,15H2,1-2H3,(H,24,27). The maximum absolute atomic E-state index is 12.7. The molecule has 9 nitrogen and oxygen atoms in total. The summed E-state index contributed by atoms with van der Waals surface area (Å²) in [5.74, 6) is -0.859. The van der Waals surface area contributed by atoms with Crippen LogP contribution in [0.5, 0.6) is 0 Å². The lowest BCUT2D eigenvalue weighted by Gasteiger charge is -2.30. The summed E-state index contributed by atoms with van der Waals surface area (Å²) in [6.45, 7) is 5.81. The fourth-order valence-electron chi connectivity index (χ4n) is 3.42. The molecule has 1 aliphatic rings. The molecule has 0 radical (unpaired) electrons. The smallest absolute Gasteiger partial charge is 0.341 e. The van der Waals surface area contributed by atoms with Crippen molar-refractivity contribution in [1.82, 2.24) is 0 Å². The number of nitro benzene ring substituents is 1. The normalized spacial score (nSPS) is 14.5. The number of hydrogen-bond acceptors (Lipinski definition) is 7. The van der Waals surface area contributed by atoms with Crippen molar-refractivity contribution in [3.05, 3.63) is 63.7 Å². The molecule has 3 rings (SSSR count). The first-order chi connectivity index (χ1) is 15.4. The van der Waals surface area contributed by atoms with Crippen LogP contribution in [0.4, 0.5) is 17.1 Å². The van der Waals surface area contributed by atoms with E-state index in [2.05, 4.69) is 19.2 Å². The minimum Gasteiger partial charge on any atom is -0.452 e. The molecule has 0 spiro atoms. The molecule has 1 fully saturated rings. The number of nitrogens with zero attached hydrogens (tertiary/aromatic N) is 2. The highest BCUT2D eigenvalue weighted by atomic mass is 16.6. The molecular weight excluding hydrogens is 414 g/mol. The van der Waals surface area contributed by atoms with Gasteiger partial charge in [-0.2, -0.15) is 0 Å². The van der Waals surface area contributed by atoms with E-state index in [1.807, 2.05) is 17.0 Å². The lowest BCUT2D eigenvalue weighted by Crippen LogP contribution is -2.37. The third kappa shape index (κ3) is 5.82. The molecule has 1 heterocycles. The second-order valence-electron chi connectivity index (χ2n) is 7.61.